The second-order valence-corrected chi connectivity index (χ2v) is 19.6. The standard InChI is InChI=1S/C49H59N9O8/c1-7-31-25-33-34(48(5,6)43-41(42(33)60)32-13-12-30(27-50)24-36(32)52-43)26-37(31)56-19-21-57(22-20-56)40(59)11-9-18-55-28-39(49(29-55)15-16-49)54-45(61)35(53-46(62)66-47(2,3)4)14-23-65-38-10-8-17-51-44(38)58(63)64/h8,10,12-13,17,24-26,35,39,52H,7,9,11,14-16,18-23,28-29H2,1-6H3,(H,53,62)(H,54,61)/t35-,39-/m0/s1. The van der Waals surface area contributed by atoms with Gasteiger partial charge in [-0.25, -0.2) is 4.79 Å². The highest BCUT2D eigenvalue weighted by molar-refractivity contribution is 6.20. The molecule has 4 aromatic rings. The van der Waals surface area contributed by atoms with Gasteiger partial charge in [0, 0.05) is 96.8 Å². The number of likely N-dealkylation sites (tertiary alicyclic amines) is 1. The number of carbonyl (C=O) groups is 4. The number of benzene rings is 2. The van der Waals surface area contributed by atoms with Crippen LogP contribution in [0.3, 0.4) is 0 Å². The zero-order valence-electron chi connectivity index (χ0n) is 38.6. The molecule has 1 spiro atoms. The fourth-order valence-electron chi connectivity index (χ4n) is 9.98. The van der Waals surface area contributed by atoms with Gasteiger partial charge in [0.25, 0.3) is 0 Å². The maximum absolute atomic E-state index is 14.1. The van der Waals surface area contributed by atoms with E-state index in [4.69, 9.17) is 9.47 Å². The van der Waals surface area contributed by atoms with Crippen molar-refractivity contribution in [1.29, 1.82) is 5.26 Å². The number of hydrogen-bond acceptors (Lipinski definition) is 12. The number of aromatic amines is 1. The summed E-state index contributed by atoms with van der Waals surface area (Å²) in [6.07, 6.45) is 4.33. The van der Waals surface area contributed by atoms with Crippen molar-refractivity contribution in [3.8, 4) is 11.8 Å². The summed E-state index contributed by atoms with van der Waals surface area (Å²) in [5.74, 6) is -0.756. The van der Waals surface area contributed by atoms with E-state index in [1.807, 2.05) is 11.0 Å². The van der Waals surface area contributed by atoms with Gasteiger partial charge in [-0.05, 0) is 110 Å². The van der Waals surface area contributed by atoms with Crippen LogP contribution in [0.15, 0.2) is 48.7 Å². The number of aromatic nitrogens is 2. The van der Waals surface area contributed by atoms with Crippen molar-refractivity contribution < 1.29 is 33.6 Å². The van der Waals surface area contributed by atoms with E-state index in [1.165, 1.54) is 18.3 Å². The maximum atomic E-state index is 14.1. The average molecular weight is 902 g/mol. The summed E-state index contributed by atoms with van der Waals surface area (Å²) in [5.41, 5.74) is 5.37. The third-order valence-electron chi connectivity index (χ3n) is 13.7. The minimum atomic E-state index is -1.02. The lowest BCUT2D eigenvalue weighted by Crippen LogP contribution is -2.53. The zero-order valence-corrected chi connectivity index (χ0v) is 38.6. The molecule has 2 aromatic carbocycles. The van der Waals surface area contributed by atoms with Gasteiger partial charge in [-0.3, -0.25) is 14.4 Å². The number of nitro groups is 1. The number of fused-ring (bicyclic) bond motifs is 4. The lowest BCUT2D eigenvalue weighted by Gasteiger charge is -2.39. The van der Waals surface area contributed by atoms with Crippen molar-refractivity contribution >= 4 is 46.1 Å². The molecule has 2 aromatic heterocycles. The van der Waals surface area contributed by atoms with Crippen LogP contribution in [0.2, 0.25) is 0 Å². The summed E-state index contributed by atoms with van der Waals surface area (Å²) < 4.78 is 11.1. The highest BCUT2D eigenvalue weighted by Crippen LogP contribution is 2.53. The Hall–Kier alpha value is -6.54. The Morgan fingerprint density at radius 3 is 2.55 bits per heavy atom. The summed E-state index contributed by atoms with van der Waals surface area (Å²) in [4.78, 5) is 79.0. The second kappa shape index (κ2) is 18.0. The van der Waals surface area contributed by atoms with Crippen molar-refractivity contribution in [3.05, 3.63) is 92.3 Å². The molecule has 348 valence electrons. The number of amides is 3. The van der Waals surface area contributed by atoms with Crippen molar-refractivity contribution in [1.82, 2.24) is 30.4 Å². The number of alkyl carbamates (subject to hydrolysis) is 1. The molecule has 3 N–H and O–H groups in total. The van der Waals surface area contributed by atoms with Gasteiger partial charge in [-0.2, -0.15) is 5.26 Å². The van der Waals surface area contributed by atoms with E-state index in [1.54, 1.807) is 32.9 Å². The minimum absolute atomic E-state index is 0.00773. The lowest BCUT2D eigenvalue weighted by molar-refractivity contribution is -0.390. The molecule has 4 aliphatic rings. The van der Waals surface area contributed by atoms with Crippen LogP contribution in [0.25, 0.3) is 10.9 Å². The third-order valence-corrected chi connectivity index (χ3v) is 13.7. The molecule has 17 nitrogen and oxygen atoms in total. The molecule has 0 unspecified atom stereocenters. The van der Waals surface area contributed by atoms with E-state index in [-0.39, 0.29) is 41.9 Å². The number of H-pyrrole nitrogens is 1. The number of nitrogens with one attached hydrogen (secondary N) is 3. The summed E-state index contributed by atoms with van der Waals surface area (Å²) in [6, 6.07) is 13.6. The second-order valence-electron chi connectivity index (χ2n) is 19.6. The van der Waals surface area contributed by atoms with Crippen LogP contribution in [-0.2, 0) is 26.2 Å². The van der Waals surface area contributed by atoms with Crippen LogP contribution in [0.1, 0.15) is 112 Å². The number of nitrogens with zero attached hydrogens (tertiary/aromatic N) is 6. The monoisotopic (exact) mass is 901 g/mol. The summed E-state index contributed by atoms with van der Waals surface area (Å²) in [7, 11) is 0. The van der Waals surface area contributed by atoms with Gasteiger partial charge in [-0.1, -0.05) is 26.8 Å². The van der Waals surface area contributed by atoms with E-state index in [2.05, 4.69) is 69.4 Å². The van der Waals surface area contributed by atoms with Crippen molar-refractivity contribution in [2.45, 2.75) is 103 Å². The molecule has 8 rings (SSSR count). The Balaban J connectivity index is 0.846. The molecule has 4 heterocycles. The predicted molar refractivity (Wildman–Crippen MR) is 247 cm³/mol. The maximum Gasteiger partial charge on any atom is 0.408 e. The van der Waals surface area contributed by atoms with E-state index in [9.17, 15) is 34.6 Å². The first kappa shape index (κ1) is 46.0. The Bertz CT molecular complexity index is 2610. The zero-order chi connectivity index (χ0) is 47.1. The molecule has 2 aliphatic heterocycles. The van der Waals surface area contributed by atoms with Crippen LogP contribution in [-0.4, -0.2) is 118 Å². The first-order chi connectivity index (χ1) is 31.4. The largest absolute Gasteiger partial charge is 0.486 e. The first-order valence-corrected chi connectivity index (χ1v) is 23.0. The Labute approximate surface area is 384 Å². The molecule has 2 aliphatic carbocycles. The van der Waals surface area contributed by atoms with Crippen LogP contribution in [0, 0.1) is 26.9 Å². The summed E-state index contributed by atoms with van der Waals surface area (Å²) in [6.45, 7) is 16.1. The number of piperazine rings is 1. The molecule has 2 saturated heterocycles. The number of ketones is 1. The fourth-order valence-corrected chi connectivity index (χ4v) is 9.98. The van der Waals surface area contributed by atoms with E-state index in [0.29, 0.717) is 68.8 Å². The summed E-state index contributed by atoms with van der Waals surface area (Å²) >= 11 is 0. The number of pyridine rings is 1. The fraction of sp³-hybridized carbons (Fsp3) is 0.510. The first-order valence-electron chi connectivity index (χ1n) is 23.0. The molecule has 0 radical (unpaired) electrons. The number of ether oxygens (including phenoxy) is 2. The van der Waals surface area contributed by atoms with Crippen LogP contribution in [0.4, 0.5) is 16.3 Å². The normalized spacial score (nSPS) is 18.9. The van der Waals surface area contributed by atoms with Crippen molar-refractivity contribution in [3.63, 3.8) is 0 Å². The number of aryl methyl sites for hydroxylation is 1. The number of carbonyl (C=O) groups excluding carboxylic acids is 4. The SMILES string of the molecule is CCc1cc2c(cc1N1CCN(C(=O)CCCN3C[C@H](NC(=O)[C@H](CCOc4cccnc4[N+](=O)[O-])NC(=O)OC(C)(C)C)C4(CC4)C3)CC1)C(C)(C)c1[nH]c3cc(C#N)ccc3c1C2=O. The smallest absolute Gasteiger partial charge is 0.408 e. The molecule has 2 atom stereocenters. The highest BCUT2D eigenvalue weighted by atomic mass is 16.6. The van der Waals surface area contributed by atoms with Gasteiger partial charge in [0.05, 0.1) is 23.8 Å². The lowest BCUT2D eigenvalue weighted by atomic mass is 9.70. The molecule has 0 bridgehead atoms. The molecule has 17 heteroatoms. The Kier molecular flexibility index (Phi) is 12.6. The number of rotatable bonds is 14. The topological polar surface area (TPSA) is 216 Å². The van der Waals surface area contributed by atoms with Crippen LogP contribution in [0.5, 0.6) is 5.75 Å². The van der Waals surface area contributed by atoms with Gasteiger partial charge < -0.3 is 49.9 Å². The Morgan fingerprint density at radius 2 is 1.86 bits per heavy atom. The van der Waals surface area contributed by atoms with E-state index in [0.717, 1.165) is 59.2 Å². The van der Waals surface area contributed by atoms with E-state index >= 15 is 0 Å². The Morgan fingerprint density at radius 1 is 1.11 bits per heavy atom. The van der Waals surface area contributed by atoms with Gasteiger partial charge >= 0.3 is 11.9 Å². The molecule has 1 saturated carbocycles. The van der Waals surface area contributed by atoms with Gasteiger partial charge in [0.15, 0.2) is 5.78 Å². The molecular formula is C49H59N9O8. The molecular weight excluding hydrogens is 843 g/mol. The predicted octanol–water partition coefficient (Wildman–Crippen LogP) is 6.15. The van der Waals surface area contributed by atoms with E-state index < -0.39 is 39.8 Å². The summed E-state index contributed by atoms with van der Waals surface area (Å²) in [5, 5.41) is 27.6. The van der Waals surface area contributed by atoms with Gasteiger partial charge in [0.1, 0.15) is 17.8 Å². The number of anilines is 1. The number of hydrogen-bond donors (Lipinski definition) is 3. The molecule has 3 fully saturated rings. The third kappa shape index (κ3) is 9.28. The van der Waals surface area contributed by atoms with Crippen molar-refractivity contribution in [2.24, 2.45) is 5.41 Å². The highest BCUT2D eigenvalue weighted by Gasteiger charge is 2.55. The van der Waals surface area contributed by atoms with Gasteiger partial charge in [-0.15, -0.1) is 0 Å². The van der Waals surface area contributed by atoms with Crippen LogP contribution < -0.4 is 20.3 Å². The quantitative estimate of drug-likeness (QED) is 0.0960. The van der Waals surface area contributed by atoms with Gasteiger partial charge in [0.2, 0.25) is 17.6 Å². The average Bonchev–Trinajstić information content (AvgIpc) is 3.84. The molecule has 3 amide bonds. The van der Waals surface area contributed by atoms with Crippen LogP contribution >= 0.6 is 0 Å². The van der Waals surface area contributed by atoms with Crippen molar-refractivity contribution in [2.75, 3.05) is 57.3 Å². The minimum Gasteiger partial charge on any atom is -0.486 e. The molecule has 66 heavy (non-hydrogen) atoms. The number of nitriles is 1.